The first kappa shape index (κ1) is 22.8. The van der Waals surface area contributed by atoms with E-state index in [0.29, 0.717) is 16.2 Å². The predicted octanol–water partition coefficient (Wildman–Crippen LogP) is 3.96. The Morgan fingerprint density at radius 1 is 1.00 bits per heavy atom. The molecule has 0 fully saturated rings. The van der Waals surface area contributed by atoms with Crippen molar-refractivity contribution in [1.82, 2.24) is 10.3 Å². The van der Waals surface area contributed by atoms with Gasteiger partial charge in [0.15, 0.2) is 5.04 Å². The summed E-state index contributed by atoms with van der Waals surface area (Å²) < 4.78 is 12.7. The number of aliphatic hydroxyl groups excluding tert-OH is 1. The summed E-state index contributed by atoms with van der Waals surface area (Å²) in [4.78, 5) is 17.0. The summed E-state index contributed by atoms with van der Waals surface area (Å²) in [7, 11) is -2.83. The Labute approximate surface area is 193 Å². The average Bonchev–Trinajstić information content (AvgIpc) is 3.21. The molecule has 2 atom stereocenters. The Bertz CT molecular complexity index is 1140. The zero-order chi connectivity index (χ0) is 23.1. The van der Waals surface area contributed by atoms with Gasteiger partial charge in [0.05, 0.1) is 13.2 Å². The molecular weight excluding hydrogens is 440 g/mol. The van der Waals surface area contributed by atoms with E-state index in [1.165, 1.54) is 0 Å². The number of aliphatic hydroxyl groups is 1. The number of hydrogen-bond donors (Lipinski definition) is 2. The number of amidine groups is 1. The number of rotatable bonds is 8. The quantitative estimate of drug-likeness (QED) is 0.525. The summed E-state index contributed by atoms with van der Waals surface area (Å²) in [6.07, 6.45) is 2.86. The minimum atomic E-state index is -2.83. The number of pyridine rings is 1. The van der Waals surface area contributed by atoms with Crippen LogP contribution < -0.4 is 5.32 Å². The normalized spacial score (nSPS) is 20.3. The molecule has 4 rings (SSSR count). The number of carbonyl (C=O) groups excluding carboxylic acids is 1. The third-order valence-corrected chi connectivity index (χ3v) is 7.39. The number of carbonyl (C=O) groups is 1. The number of aromatic nitrogens is 1. The lowest BCUT2D eigenvalue weighted by molar-refractivity contribution is 0.0976. The van der Waals surface area contributed by atoms with Gasteiger partial charge in [-0.25, -0.2) is 0 Å². The Kier molecular flexibility index (Phi) is 7.26. The van der Waals surface area contributed by atoms with Crippen LogP contribution in [0.1, 0.15) is 34.5 Å². The van der Waals surface area contributed by atoms with Crippen molar-refractivity contribution in [2.24, 2.45) is 10.2 Å². The lowest BCUT2D eigenvalue weighted by atomic mass is 10.1. The van der Waals surface area contributed by atoms with Gasteiger partial charge in [0.2, 0.25) is 5.17 Å². The molecular formula is C24H24N4O4S. The third-order valence-electron chi connectivity index (χ3n) is 4.81. The molecule has 0 radical (unpaired) electrons. The van der Waals surface area contributed by atoms with Crippen molar-refractivity contribution in [3.8, 4) is 0 Å². The summed E-state index contributed by atoms with van der Waals surface area (Å²) in [5.74, 6) is -0.360. The highest BCUT2D eigenvalue weighted by Gasteiger charge is 2.42. The standard InChI is InChI=1S/C24H24N4O4S/c1-18(19-8-4-2-5-9-19)32-33(31-17-16-29)23(21-12-14-25-15-13-21)27-28-24(33)26-22(30)20-10-6-3-7-11-20/h2-15,18,29H,16-17H2,1H3,(H,26,28,30). The number of hydrogen-bond acceptors (Lipinski definition) is 7. The first-order chi connectivity index (χ1) is 16.1. The molecule has 0 saturated heterocycles. The molecule has 1 aliphatic rings. The summed E-state index contributed by atoms with van der Waals surface area (Å²) in [5.41, 5.74) is 2.08. The second kappa shape index (κ2) is 10.5. The molecule has 170 valence electrons. The zero-order valence-corrected chi connectivity index (χ0v) is 18.8. The van der Waals surface area contributed by atoms with Crippen LogP contribution in [0.25, 0.3) is 0 Å². The van der Waals surface area contributed by atoms with Crippen LogP contribution in [0.2, 0.25) is 0 Å². The number of benzene rings is 2. The fourth-order valence-electron chi connectivity index (χ4n) is 3.22. The number of amides is 1. The number of nitrogens with one attached hydrogen (secondary N) is 1. The highest BCUT2D eigenvalue weighted by Crippen LogP contribution is 2.59. The summed E-state index contributed by atoms with van der Waals surface area (Å²) in [5, 5.41) is 21.6. The molecule has 2 N–H and O–H groups in total. The molecule has 8 nitrogen and oxygen atoms in total. The van der Waals surface area contributed by atoms with Crippen molar-refractivity contribution in [1.29, 1.82) is 0 Å². The molecule has 2 unspecified atom stereocenters. The van der Waals surface area contributed by atoms with Crippen LogP contribution in [0.15, 0.2) is 95.4 Å². The fraction of sp³-hybridized carbons (Fsp3) is 0.167. The van der Waals surface area contributed by atoms with Gasteiger partial charge in [-0.2, -0.15) is 0 Å². The molecule has 9 heteroatoms. The maximum atomic E-state index is 13.0. The molecule has 0 bridgehead atoms. The smallest absolute Gasteiger partial charge is 0.257 e. The van der Waals surface area contributed by atoms with E-state index in [1.807, 2.05) is 43.3 Å². The van der Waals surface area contributed by atoms with Gasteiger partial charge in [0.1, 0.15) is 6.10 Å². The van der Waals surface area contributed by atoms with Gasteiger partial charge in [-0.1, -0.05) is 59.1 Å². The first-order valence-electron chi connectivity index (χ1n) is 10.4. The molecule has 3 aromatic rings. The Morgan fingerprint density at radius 3 is 2.33 bits per heavy atom. The van der Waals surface area contributed by atoms with Gasteiger partial charge < -0.3 is 5.11 Å². The second-order valence-corrected chi connectivity index (χ2v) is 9.27. The van der Waals surface area contributed by atoms with Crippen LogP contribution in [-0.4, -0.2) is 39.4 Å². The van der Waals surface area contributed by atoms with Crippen molar-refractivity contribution in [2.45, 2.75) is 13.0 Å². The summed E-state index contributed by atoms with van der Waals surface area (Å²) in [6.45, 7) is 1.63. The van der Waals surface area contributed by atoms with Crippen LogP contribution in [0.3, 0.4) is 0 Å². The molecule has 33 heavy (non-hydrogen) atoms. The Morgan fingerprint density at radius 2 is 1.67 bits per heavy atom. The molecule has 2 heterocycles. The van der Waals surface area contributed by atoms with E-state index in [-0.39, 0.29) is 24.3 Å². The lowest BCUT2D eigenvalue weighted by Crippen LogP contribution is -2.38. The van der Waals surface area contributed by atoms with Crippen molar-refractivity contribution in [3.63, 3.8) is 0 Å². The maximum Gasteiger partial charge on any atom is 0.257 e. The van der Waals surface area contributed by atoms with Crippen molar-refractivity contribution in [2.75, 3.05) is 13.2 Å². The van der Waals surface area contributed by atoms with Gasteiger partial charge in [0, 0.05) is 23.5 Å². The van der Waals surface area contributed by atoms with Gasteiger partial charge in [0.25, 0.3) is 5.91 Å². The van der Waals surface area contributed by atoms with Gasteiger partial charge in [-0.05, 0) is 36.8 Å². The molecule has 1 aliphatic heterocycles. The average molecular weight is 465 g/mol. The lowest BCUT2D eigenvalue weighted by Gasteiger charge is -2.41. The molecule has 0 aliphatic carbocycles. The van der Waals surface area contributed by atoms with Crippen LogP contribution in [-0.2, 0) is 8.37 Å². The Balaban J connectivity index is 1.73. The Hall–Kier alpha value is -3.37. The topological polar surface area (TPSA) is 105 Å². The SMILES string of the molecule is CC(OS1(OCCO)C(NC(=O)c2ccccc2)=NN=C1c1ccncc1)c1ccccc1. The van der Waals surface area contributed by atoms with E-state index in [2.05, 4.69) is 20.5 Å². The van der Waals surface area contributed by atoms with E-state index in [0.717, 1.165) is 5.56 Å². The fourth-order valence-corrected chi connectivity index (χ4v) is 5.66. The van der Waals surface area contributed by atoms with E-state index < -0.39 is 16.7 Å². The maximum absolute atomic E-state index is 13.0. The molecule has 1 aromatic heterocycles. The van der Waals surface area contributed by atoms with Gasteiger partial charge in [-0.3, -0.25) is 23.5 Å². The first-order valence-corrected chi connectivity index (χ1v) is 11.9. The van der Waals surface area contributed by atoms with Crippen molar-refractivity contribution in [3.05, 3.63) is 102 Å². The highest BCUT2D eigenvalue weighted by molar-refractivity contribution is 8.49. The monoisotopic (exact) mass is 464 g/mol. The molecule has 2 aromatic carbocycles. The molecule has 1 amide bonds. The third kappa shape index (κ3) is 5.01. The largest absolute Gasteiger partial charge is 0.394 e. The second-order valence-electron chi connectivity index (χ2n) is 7.06. The van der Waals surface area contributed by atoms with E-state index in [9.17, 15) is 9.90 Å². The van der Waals surface area contributed by atoms with E-state index in [1.54, 1.807) is 48.8 Å². The van der Waals surface area contributed by atoms with E-state index in [4.69, 9.17) is 8.37 Å². The van der Waals surface area contributed by atoms with Gasteiger partial charge >= 0.3 is 0 Å². The van der Waals surface area contributed by atoms with Crippen molar-refractivity contribution < 1.29 is 18.3 Å². The van der Waals surface area contributed by atoms with Crippen LogP contribution in [0.5, 0.6) is 0 Å². The van der Waals surface area contributed by atoms with Crippen molar-refractivity contribution >= 4 is 26.7 Å². The van der Waals surface area contributed by atoms with Gasteiger partial charge in [-0.15, -0.1) is 10.2 Å². The van der Waals surface area contributed by atoms with Crippen LogP contribution >= 0.6 is 10.6 Å². The molecule has 0 spiro atoms. The summed E-state index contributed by atoms with van der Waals surface area (Å²) in [6, 6.07) is 22.0. The zero-order valence-electron chi connectivity index (χ0n) is 18.0. The van der Waals surface area contributed by atoms with Crippen LogP contribution in [0.4, 0.5) is 0 Å². The summed E-state index contributed by atoms with van der Waals surface area (Å²) >= 11 is 0. The number of nitrogens with zero attached hydrogens (tertiary/aromatic N) is 3. The minimum Gasteiger partial charge on any atom is -0.394 e. The highest BCUT2D eigenvalue weighted by atomic mass is 32.3. The predicted molar refractivity (Wildman–Crippen MR) is 129 cm³/mol. The van der Waals surface area contributed by atoms with E-state index >= 15 is 0 Å². The van der Waals surface area contributed by atoms with Crippen LogP contribution in [0, 0.1) is 0 Å². The molecule has 0 saturated carbocycles. The minimum absolute atomic E-state index is 0.0266.